The lowest BCUT2D eigenvalue weighted by atomic mass is 9.81. The van der Waals surface area contributed by atoms with E-state index in [9.17, 15) is 22.0 Å². The number of piperidine rings is 1. The molecule has 1 heterocycles. The van der Waals surface area contributed by atoms with Gasteiger partial charge in [-0.2, -0.15) is 22.0 Å². The summed E-state index contributed by atoms with van der Waals surface area (Å²) in [6.45, 7) is 5.54. The lowest BCUT2D eigenvalue weighted by Gasteiger charge is -2.39. The predicted octanol–water partition coefficient (Wildman–Crippen LogP) is 4.72. The summed E-state index contributed by atoms with van der Waals surface area (Å²) >= 11 is 0. The topological polar surface area (TPSA) is 12.5 Å². The fourth-order valence-electron chi connectivity index (χ4n) is 3.39. The van der Waals surface area contributed by atoms with E-state index in [4.69, 9.17) is 4.74 Å². The lowest BCUT2D eigenvalue weighted by molar-refractivity contribution is -0.272. The molecule has 1 atom stereocenters. The number of hydrogen-bond acceptors (Lipinski definition) is 2. The second-order valence-electron chi connectivity index (χ2n) is 6.82. The Bertz CT molecular complexity index is 506. The summed E-state index contributed by atoms with van der Waals surface area (Å²) < 4.78 is 71.8. The van der Waals surface area contributed by atoms with Crippen LogP contribution in [0.25, 0.3) is 0 Å². The highest BCUT2D eigenvalue weighted by atomic mass is 19.4. The van der Waals surface area contributed by atoms with Crippen LogP contribution in [0.1, 0.15) is 39.5 Å². The zero-order chi connectivity index (χ0) is 18.0. The van der Waals surface area contributed by atoms with E-state index in [1.165, 1.54) is 19.4 Å². The number of rotatable bonds is 5. The minimum Gasteiger partial charge on any atom is -0.369 e. The molecule has 2 rings (SSSR count). The number of nitrogens with zero attached hydrogens (tertiary/aromatic N) is 1. The van der Waals surface area contributed by atoms with Crippen LogP contribution in [-0.4, -0.2) is 48.8 Å². The quantitative estimate of drug-likeness (QED) is 0.663. The van der Waals surface area contributed by atoms with Gasteiger partial charge in [0.05, 0.1) is 12.2 Å². The van der Waals surface area contributed by atoms with Crippen molar-refractivity contribution in [3.63, 3.8) is 0 Å². The van der Waals surface area contributed by atoms with Crippen LogP contribution in [0, 0.1) is 0 Å². The van der Waals surface area contributed by atoms with Crippen molar-refractivity contribution >= 4 is 0 Å². The standard InChI is InChI=1S/C17H24F5NO/c1-13-6-7-14(16(18,19)17(20,21)22)15(2,12-13)24-11-10-23-8-4-3-5-9-23/h6-7H,3-5,8-12H2,1-2H3. The van der Waals surface area contributed by atoms with Gasteiger partial charge in [0.1, 0.15) is 0 Å². The highest BCUT2D eigenvalue weighted by Gasteiger charge is 2.64. The van der Waals surface area contributed by atoms with E-state index in [1.807, 2.05) is 0 Å². The maximum absolute atomic E-state index is 13.9. The molecule has 1 unspecified atom stereocenters. The van der Waals surface area contributed by atoms with Crippen molar-refractivity contribution in [1.82, 2.24) is 4.90 Å². The highest BCUT2D eigenvalue weighted by molar-refractivity contribution is 5.37. The fourth-order valence-corrected chi connectivity index (χ4v) is 3.39. The molecule has 2 nitrogen and oxygen atoms in total. The minimum atomic E-state index is -5.63. The molecule has 7 heteroatoms. The molecule has 24 heavy (non-hydrogen) atoms. The van der Waals surface area contributed by atoms with Gasteiger partial charge in [0.2, 0.25) is 0 Å². The van der Waals surface area contributed by atoms with Crippen LogP contribution in [0.2, 0.25) is 0 Å². The molecule has 0 spiro atoms. The molecule has 0 aromatic heterocycles. The average Bonchev–Trinajstić information content (AvgIpc) is 2.46. The van der Waals surface area contributed by atoms with Gasteiger partial charge in [0.15, 0.2) is 0 Å². The van der Waals surface area contributed by atoms with Crippen molar-refractivity contribution in [3.05, 3.63) is 23.3 Å². The third kappa shape index (κ3) is 4.17. The molecule has 0 amide bonds. The Morgan fingerprint density at radius 1 is 1.08 bits per heavy atom. The molecule has 0 N–H and O–H groups in total. The zero-order valence-electron chi connectivity index (χ0n) is 14.1. The van der Waals surface area contributed by atoms with Crippen molar-refractivity contribution in [2.24, 2.45) is 0 Å². The zero-order valence-corrected chi connectivity index (χ0v) is 14.1. The van der Waals surface area contributed by atoms with Gasteiger partial charge in [-0.15, -0.1) is 0 Å². The normalized spacial score (nSPS) is 27.0. The number of halogens is 5. The molecule has 1 fully saturated rings. The molecule has 0 aromatic carbocycles. The van der Waals surface area contributed by atoms with E-state index in [0.29, 0.717) is 6.54 Å². The molecule has 0 saturated carbocycles. The molecule has 2 aliphatic rings. The van der Waals surface area contributed by atoms with Gasteiger partial charge in [-0.3, -0.25) is 0 Å². The van der Waals surface area contributed by atoms with E-state index in [-0.39, 0.29) is 13.0 Å². The Morgan fingerprint density at radius 2 is 1.71 bits per heavy atom. The van der Waals surface area contributed by atoms with Gasteiger partial charge in [-0.1, -0.05) is 24.1 Å². The van der Waals surface area contributed by atoms with E-state index in [2.05, 4.69) is 4.90 Å². The van der Waals surface area contributed by atoms with E-state index >= 15 is 0 Å². The summed E-state index contributed by atoms with van der Waals surface area (Å²) in [5.41, 5.74) is -1.93. The molecular formula is C17H24F5NO. The highest BCUT2D eigenvalue weighted by Crippen LogP contribution is 2.49. The van der Waals surface area contributed by atoms with Gasteiger partial charge in [-0.25, -0.2) is 0 Å². The average molecular weight is 353 g/mol. The van der Waals surface area contributed by atoms with E-state index < -0.39 is 23.3 Å². The first-order chi connectivity index (χ1) is 11.1. The summed E-state index contributed by atoms with van der Waals surface area (Å²) in [7, 11) is 0. The number of allylic oxidation sites excluding steroid dienone is 2. The summed E-state index contributed by atoms with van der Waals surface area (Å²) in [6.07, 6.45) is -0.0889. The van der Waals surface area contributed by atoms with Crippen LogP contribution < -0.4 is 0 Å². The first kappa shape index (κ1) is 19.4. The van der Waals surface area contributed by atoms with Gasteiger partial charge in [0.25, 0.3) is 0 Å². The van der Waals surface area contributed by atoms with Crippen molar-refractivity contribution in [2.75, 3.05) is 26.2 Å². The molecular weight excluding hydrogens is 329 g/mol. The molecule has 138 valence electrons. The summed E-state index contributed by atoms with van der Waals surface area (Å²) in [5, 5.41) is 0. The molecule has 0 bridgehead atoms. The van der Waals surface area contributed by atoms with Crippen LogP contribution in [0.15, 0.2) is 23.3 Å². The van der Waals surface area contributed by atoms with Crippen molar-refractivity contribution in [3.8, 4) is 0 Å². The van der Waals surface area contributed by atoms with Crippen molar-refractivity contribution in [1.29, 1.82) is 0 Å². The van der Waals surface area contributed by atoms with Crippen LogP contribution in [0.5, 0.6) is 0 Å². The third-order valence-electron chi connectivity index (χ3n) is 4.69. The second kappa shape index (κ2) is 7.12. The Hall–Kier alpha value is -0.950. The number of hydrogen-bond donors (Lipinski definition) is 0. The first-order valence-corrected chi connectivity index (χ1v) is 8.25. The monoisotopic (exact) mass is 353 g/mol. The Balaban J connectivity index is 2.09. The van der Waals surface area contributed by atoms with Gasteiger partial charge >= 0.3 is 12.1 Å². The summed E-state index contributed by atoms with van der Waals surface area (Å²) in [4.78, 5) is 2.16. The maximum atomic E-state index is 13.9. The summed E-state index contributed by atoms with van der Waals surface area (Å²) in [5.74, 6) is -4.90. The van der Waals surface area contributed by atoms with Gasteiger partial charge in [-0.05, 0) is 39.8 Å². The SMILES string of the molecule is CC1=CC=C(C(F)(F)C(F)(F)F)C(C)(OCCN2CCCCC2)C1. The molecule has 1 aliphatic carbocycles. The Kier molecular flexibility index (Phi) is 5.75. The van der Waals surface area contributed by atoms with Crippen molar-refractivity contribution in [2.45, 2.75) is 57.2 Å². The molecule has 0 aromatic rings. The smallest absolute Gasteiger partial charge is 0.369 e. The van der Waals surface area contributed by atoms with Crippen LogP contribution in [0.3, 0.4) is 0 Å². The van der Waals surface area contributed by atoms with Crippen LogP contribution >= 0.6 is 0 Å². The minimum absolute atomic E-state index is 0.0322. The second-order valence-corrected chi connectivity index (χ2v) is 6.82. The Labute approximate surface area is 139 Å². The van der Waals surface area contributed by atoms with Gasteiger partial charge < -0.3 is 9.64 Å². The Morgan fingerprint density at radius 3 is 2.29 bits per heavy atom. The fraction of sp³-hybridized carbons (Fsp3) is 0.765. The van der Waals surface area contributed by atoms with Crippen LogP contribution in [0.4, 0.5) is 22.0 Å². The number of alkyl halides is 5. The van der Waals surface area contributed by atoms with Crippen molar-refractivity contribution < 1.29 is 26.7 Å². The molecule has 1 saturated heterocycles. The molecule has 1 aliphatic heterocycles. The first-order valence-electron chi connectivity index (χ1n) is 8.25. The van der Waals surface area contributed by atoms with Crippen LogP contribution in [-0.2, 0) is 4.74 Å². The number of ether oxygens (including phenoxy) is 1. The van der Waals surface area contributed by atoms with E-state index in [1.54, 1.807) is 6.92 Å². The number of likely N-dealkylation sites (tertiary alicyclic amines) is 1. The summed E-state index contributed by atoms with van der Waals surface area (Å²) in [6, 6.07) is 0. The van der Waals surface area contributed by atoms with E-state index in [0.717, 1.165) is 37.6 Å². The molecule has 0 radical (unpaired) electrons. The maximum Gasteiger partial charge on any atom is 0.457 e. The largest absolute Gasteiger partial charge is 0.457 e. The van der Waals surface area contributed by atoms with Gasteiger partial charge in [0, 0.05) is 18.5 Å². The predicted molar refractivity (Wildman–Crippen MR) is 82.1 cm³/mol. The third-order valence-corrected chi connectivity index (χ3v) is 4.69. The lowest BCUT2D eigenvalue weighted by Crippen LogP contribution is -2.49.